The molecule has 0 unspecified atom stereocenters. The fourth-order valence-corrected chi connectivity index (χ4v) is 2.56. The molecule has 0 aliphatic heterocycles. The van der Waals surface area contributed by atoms with Gasteiger partial charge in [-0.3, -0.25) is 0 Å². The van der Waals surface area contributed by atoms with E-state index in [-0.39, 0.29) is 28.1 Å². The van der Waals surface area contributed by atoms with Crippen LogP contribution in [0.15, 0.2) is 58.8 Å². The Morgan fingerprint density at radius 2 is 1.72 bits per heavy atom. The first-order chi connectivity index (χ1) is 11.8. The number of nitrogens with one attached hydrogen (secondary N) is 1. The van der Waals surface area contributed by atoms with Gasteiger partial charge in [-0.1, -0.05) is 24.3 Å². The number of aromatic amines is 1. The molecule has 128 valence electrons. The molecule has 0 atom stereocenters. The van der Waals surface area contributed by atoms with Crippen LogP contribution in [-0.4, -0.2) is 27.6 Å². The van der Waals surface area contributed by atoms with E-state index in [1.54, 1.807) is 31.4 Å². The molecule has 0 fully saturated rings. The van der Waals surface area contributed by atoms with E-state index in [4.69, 9.17) is 4.74 Å². The number of nitrogens with zero attached hydrogens (tertiary/aromatic N) is 4. The van der Waals surface area contributed by atoms with Crippen LogP contribution in [0.2, 0.25) is 0 Å². The number of aromatic hydroxyl groups is 1. The maximum atomic E-state index is 10.4. The van der Waals surface area contributed by atoms with Crippen LogP contribution < -0.4 is 4.74 Å². The maximum absolute atomic E-state index is 10.4. The number of phenolic OH excluding ortho intramolecular Hbond substituents is 1. The van der Waals surface area contributed by atoms with Crippen LogP contribution in [-0.2, 0) is 22.4 Å². The molecule has 4 rings (SSSR count). The number of fused-ring (bicyclic) bond motifs is 2. The molecule has 0 spiro atoms. The Morgan fingerprint density at radius 1 is 0.960 bits per heavy atom. The molecule has 0 radical (unpaired) electrons. The number of aromatic nitrogens is 3. The monoisotopic (exact) mass is 426 g/mol. The Bertz CT molecular complexity index is 1080. The SMILES string of the molecule is COc1cc(N=Nc2ccc3n[nH]nc3c2)c(O)c2ccccc12.[Ag+]. The molecule has 25 heavy (non-hydrogen) atoms. The zero-order chi connectivity index (χ0) is 16.5. The zero-order valence-electron chi connectivity index (χ0n) is 13.1. The van der Waals surface area contributed by atoms with E-state index >= 15 is 0 Å². The summed E-state index contributed by atoms with van der Waals surface area (Å²) < 4.78 is 5.39. The molecular formula is C17H13AgN5O2+. The van der Waals surface area contributed by atoms with E-state index in [1.807, 2.05) is 24.3 Å². The Labute approximate surface area is 158 Å². The molecule has 1 heterocycles. The number of phenols is 1. The molecule has 0 saturated carbocycles. The van der Waals surface area contributed by atoms with E-state index in [9.17, 15) is 5.11 Å². The fourth-order valence-electron chi connectivity index (χ4n) is 2.56. The summed E-state index contributed by atoms with van der Waals surface area (Å²) in [5, 5.41) is 30.8. The van der Waals surface area contributed by atoms with E-state index in [1.165, 1.54) is 0 Å². The third kappa shape index (κ3) is 3.12. The Kier molecular flexibility index (Phi) is 4.80. The zero-order valence-corrected chi connectivity index (χ0v) is 14.5. The normalized spacial score (nSPS) is 11.1. The van der Waals surface area contributed by atoms with Gasteiger partial charge in [0.1, 0.15) is 22.5 Å². The average molecular weight is 427 g/mol. The van der Waals surface area contributed by atoms with E-state index in [2.05, 4.69) is 25.6 Å². The fraction of sp³-hybridized carbons (Fsp3) is 0.0588. The van der Waals surface area contributed by atoms with Crippen LogP contribution in [0.25, 0.3) is 21.8 Å². The van der Waals surface area contributed by atoms with Crippen molar-refractivity contribution in [3.05, 3.63) is 48.5 Å². The molecule has 0 bridgehead atoms. The smallest absolute Gasteiger partial charge is 0.505 e. The summed E-state index contributed by atoms with van der Waals surface area (Å²) in [6.07, 6.45) is 0. The van der Waals surface area contributed by atoms with Crippen molar-refractivity contribution in [3.63, 3.8) is 0 Å². The molecule has 4 aromatic rings. The van der Waals surface area contributed by atoms with Crippen LogP contribution in [0.3, 0.4) is 0 Å². The molecule has 0 saturated heterocycles. The molecule has 8 heteroatoms. The standard InChI is InChI=1S/C17H13N5O2.Ag/c1-24-16-9-15(17(23)12-5-3-2-4-11(12)16)19-18-10-6-7-13-14(8-10)21-22-20-13;/h2-9,23H,1H3,(H,20,21,22);/q;+1. The summed E-state index contributed by atoms with van der Waals surface area (Å²) in [6, 6.07) is 14.4. The van der Waals surface area contributed by atoms with Crippen molar-refractivity contribution in [3.8, 4) is 11.5 Å². The van der Waals surface area contributed by atoms with Crippen LogP contribution in [0.4, 0.5) is 11.4 Å². The summed E-state index contributed by atoms with van der Waals surface area (Å²) in [7, 11) is 1.58. The van der Waals surface area contributed by atoms with E-state index in [0.29, 0.717) is 28.0 Å². The van der Waals surface area contributed by atoms with Gasteiger partial charge in [-0.25, -0.2) is 0 Å². The second-order valence-corrected chi connectivity index (χ2v) is 5.19. The number of hydrogen-bond acceptors (Lipinski definition) is 6. The number of rotatable bonds is 3. The molecule has 0 amide bonds. The topological polar surface area (TPSA) is 95.8 Å². The maximum Gasteiger partial charge on any atom is 1.00 e. The number of benzene rings is 3. The molecule has 0 aliphatic carbocycles. The van der Waals surface area contributed by atoms with Crippen molar-refractivity contribution in [2.75, 3.05) is 7.11 Å². The predicted octanol–water partition coefficient (Wildman–Crippen LogP) is 4.24. The predicted molar refractivity (Wildman–Crippen MR) is 90.2 cm³/mol. The van der Waals surface area contributed by atoms with Gasteiger partial charge in [-0.15, -0.1) is 5.11 Å². The Morgan fingerprint density at radius 3 is 2.52 bits per heavy atom. The minimum absolute atomic E-state index is 0. The largest absolute Gasteiger partial charge is 1.00 e. The van der Waals surface area contributed by atoms with Gasteiger partial charge in [-0.05, 0) is 18.2 Å². The summed E-state index contributed by atoms with van der Waals surface area (Å²) in [4.78, 5) is 0. The molecule has 3 aromatic carbocycles. The van der Waals surface area contributed by atoms with Gasteiger partial charge >= 0.3 is 22.4 Å². The van der Waals surface area contributed by atoms with E-state index in [0.717, 1.165) is 10.9 Å². The van der Waals surface area contributed by atoms with Gasteiger partial charge in [-0.2, -0.15) is 20.5 Å². The quantitative estimate of drug-likeness (QED) is 0.378. The first-order valence-corrected chi connectivity index (χ1v) is 7.27. The van der Waals surface area contributed by atoms with Gasteiger partial charge in [0, 0.05) is 16.8 Å². The van der Waals surface area contributed by atoms with Crippen LogP contribution in [0, 0.1) is 0 Å². The first kappa shape index (κ1) is 17.1. The second kappa shape index (κ2) is 7.02. The van der Waals surface area contributed by atoms with Gasteiger partial charge < -0.3 is 9.84 Å². The molecule has 1 aromatic heterocycles. The van der Waals surface area contributed by atoms with Gasteiger partial charge in [0.15, 0.2) is 5.75 Å². The van der Waals surface area contributed by atoms with Gasteiger partial charge in [0.2, 0.25) is 0 Å². The minimum Gasteiger partial charge on any atom is -0.505 e. The van der Waals surface area contributed by atoms with E-state index < -0.39 is 0 Å². The molecule has 0 aliphatic rings. The summed E-state index contributed by atoms with van der Waals surface area (Å²) in [6.45, 7) is 0. The minimum atomic E-state index is 0. The summed E-state index contributed by atoms with van der Waals surface area (Å²) >= 11 is 0. The molecular weight excluding hydrogens is 414 g/mol. The number of hydrogen-bond donors (Lipinski definition) is 2. The molecule has 7 nitrogen and oxygen atoms in total. The number of methoxy groups -OCH3 is 1. The number of ether oxygens (including phenoxy) is 1. The van der Waals surface area contributed by atoms with Gasteiger partial charge in [0.05, 0.1) is 12.8 Å². The van der Waals surface area contributed by atoms with Gasteiger partial charge in [0.25, 0.3) is 0 Å². The number of azo groups is 1. The Balaban J connectivity index is 0.00000182. The van der Waals surface area contributed by atoms with Crippen LogP contribution in [0.5, 0.6) is 11.5 Å². The van der Waals surface area contributed by atoms with Crippen molar-refractivity contribution >= 4 is 33.2 Å². The van der Waals surface area contributed by atoms with Crippen LogP contribution in [0.1, 0.15) is 0 Å². The van der Waals surface area contributed by atoms with Crippen molar-refractivity contribution in [2.45, 2.75) is 0 Å². The van der Waals surface area contributed by atoms with Crippen molar-refractivity contribution < 1.29 is 32.2 Å². The second-order valence-electron chi connectivity index (χ2n) is 5.19. The van der Waals surface area contributed by atoms with Crippen molar-refractivity contribution in [1.29, 1.82) is 0 Å². The third-order valence-electron chi connectivity index (χ3n) is 3.75. The number of H-pyrrole nitrogens is 1. The third-order valence-corrected chi connectivity index (χ3v) is 3.75. The Hall–Kier alpha value is -2.74. The average Bonchev–Trinajstić information content (AvgIpc) is 3.09. The van der Waals surface area contributed by atoms with Crippen molar-refractivity contribution in [2.24, 2.45) is 10.2 Å². The first-order valence-electron chi connectivity index (χ1n) is 7.27. The van der Waals surface area contributed by atoms with Crippen LogP contribution >= 0.6 is 0 Å². The molecule has 2 N–H and O–H groups in total. The summed E-state index contributed by atoms with van der Waals surface area (Å²) in [5.41, 5.74) is 2.41. The van der Waals surface area contributed by atoms with Crippen molar-refractivity contribution in [1.82, 2.24) is 15.4 Å². The summed E-state index contributed by atoms with van der Waals surface area (Å²) in [5.74, 6) is 0.696.